The lowest BCUT2D eigenvalue weighted by molar-refractivity contribution is -0.121. The summed E-state index contributed by atoms with van der Waals surface area (Å²) in [4.78, 5) is 12.0. The molecular formula is C19H24N2O2S. The number of amides is 1. The molecule has 2 N–H and O–H groups in total. The standard InChI is InChI=1S/C19H24N2O2S/c22-17(12-23-16-4-2-1-3-5-16)20-18(24)21-19-9-13-6-14(10-19)8-15(7-13)11-19/h1-5,13-15H,6-12H2,(H2,20,21,22,24). The zero-order valence-corrected chi connectivity index (χ0v) is 14.6. The van der Waals surface area contributed by atoms with E-state index in [-0.39, 0.29) is 18.1 Å². The summed E-state index contributed by atoms with van der Waals surface area (Å²) in [5.74, 6) is 3.03. The Morgan fingerprint density at radius 2 is 1.67 bits per heavy atom. The molecule has 128 valence electrons. The van der Waals surface area contributed by atoms with Gasteiger partial charge in [0.15, 0.2) is 11.7 Å². The summed E-state index contributed by atoms with van der Waals surface area (Å²) in [6.45, 7) is -0.0211. The number of nitrogens with one attached hydrogen (secondary N) is 2. The first-order valence-corrected chi connectivity index (χ1v) is 9.31. The fraction of sp³-hybridized carbons (Fsp3) is 0.579. The van der Waals surface area contributed by atoms with Gasteiger partial charge in [0, 0.05) is 5.54 Å². The molecule has 4 aliphatic carbocycles. The van der Waals surface area contributed by atoms with Gasteiger partial charge in [-0.15, -0.1) is 0 Å². The summed E-state index contributed by atoms with van der Waals surface area (Å²) in [7, 11) is 0. The third-order valence-corrected chi connectivity index (χ3v) is 5.99. The maximum absolute atomic E-state index is 12.0. The van der Waals surface area contributed by atoms with Gasteiger partial charge in [-0.3, -0.25) is 4.79 Å². The molecule has 1 amide bonds. The number of carbonyl (C=O) groups is 1. The third-order valence-electron chi connectivity index (χ3n) is 5.78. The van der Waals surface area contributed by atoms with Crippen LogP contribution in [0.15, 0.2) is 30.3 Å². The number of carbonyl (C=O) groups excluding carboxylic acids is 1. The molecule has 0 radical (unpaired) electrons. The molecule has 0 saturated heterocycles. The Morgan fingerprint density at radius 1 is 1.08 bits per heavy atom. The maximum atomic E-state index is 12.0. The summed E-state index contributed by atoms with van der Waals surface area (Å²) in [5, 5.41) is 6.74. The van der Waals surface area contributed by atoms with Crippen molar-refractivity contribution in [3.8, 4) is 5.75 Å². The molecule has 0 atom stereocenters. The van der Waals surface area contributed by atoms with Gasteiger partial charge in [0.2, 0.25) is 0 Å². The number of benzene rings is 1. The second kappa shape index (κ2) is 6.36. The van der Waals surface area contributed by atoms with E-state index in [9.17, 15) is 4.79 Å². The number of ether oxygens (including phenoxy) is 1. The van der Waals surface area contributed by atoms with Crippen LogP contribution in [0.1, 0.15) is 38.5 Å². The second-order valence-electron chi connectivity index (χ2n) is 7.80. The zero-order chi connectivity index (χ0) is 16.6. The van der Waals surface area contributed by atoms with E-state index in [4.69, 9.17) is 17.0 Å². The molecule has 4 saturated carbocycles. The molecule has 1 aromatic carbocycles. The van der Waals surface area contributed by atoms with E-state index in [0.29, 0.717) is 10.9 Å². The van der Waals surface area contributed by atoms with Crippen LogP contribution in [-0.2, 0) is 4.79 Å². The van der Waals surface area contributed by atoms with E-state index in [1.807, 2.05) is 30.3 Å². The lowest BCUT2D eigenvalue weighted by Gasteiger charge is -2.57. The molecule has 4 nitrogen and oxygen atoms in total. The fourth-order valence-electron chi connectivity index (χ4n) is 5.36. The van der Waals surface area contributed by atoms with Crippen molar-refractivity contribution >= 4 is 23.2 Å². The molecule has 24 heavy (non-hydrogen) atoms. The Hall–Kier alpha value is -1.62. The maximum Gasteiger partial charge on any atom is 0.264 e. The zero-order valence-electron chi connectivity index (χ0n) is 13.8. The highest BCUT2D eigenvalue weighted by molar-refractivity contribution is 7.80. The van der Waals surface area contributed by atoms with Crippen LogP contribution in [-0.4, -0.2) is 23.2 Å². The van der Waals surface area contributed by atoms with Gasteiger partial charge < -0.3 is 15.4 Å². The number of para-hydroxylation sites is 1. The van der Waals surface area contributed by atoms with Gasteiger partial charge >= 0.3 is 0 Å². The Morgan fingerprint density at radius 3 is 2.25 bits per heavy atom. The van der Waals surface area contributed by atoms with Crippen LogP contribution in [0.4, 0.5) is 0 Å². The first-order chi connectivity index (χ1) is 11.6. The van der Waals surface area contributed by atoms with Crippen LogP contribution in [0.25, 0.3) is 0 Å². The van der Waals surface area contributed by atoms with Crippen molar-refractivity contribution in [3.05, 3.63) is 30.3 Å². The molecule has 5 heteroatoms. The van der Waals surface area contributed by atoms with Crippen molar-refractivity contribution in [1.29, 1.82) is 0 Å². The van der Waals surface area contributed by atoms with E-state index in [0.717, 1.165) is 17.8 Å². The van der Waals surface area contributed by atoms with E-state index in [1.54, 1.807) is 0 Å². The highest BCUT2D eigenvalue weighted by atomic mass is 32.1. The van der Waals surface area contributed by atoms with Crippen molar-refractivity contribution in [3.63, 3.8) is 0 Å². The number of hydrogen-bond acceptors (Lipinski definition) is 3. The largest absolute Gasteiger partial charge is 0.484 e. The van der Waals surface area contributed by atoms with Crippen molar-refractivity contribution < 1.29 is 9.53 Å². The quantitative estimate of drug-likeness (QED) is 0.825. The Balaban J connectivity index is 1.28. The summed E-state index contributed by atoms with van der Waals surface area (Å²) >= 11 is 5.40. The van der Waals surface area contributed by atoms with Crippen molar-refractivity contribution in [2.75, 3.05) is 6.61 Å². The highest BCUT2D eigenvalue weighted by Gasteiger charge is 2.51. The van der Waals surface area contributed by atoms with Crippen LogP contribution in [0.3, 0.4) is 0 Å². The van der Waals surface area contributed by atoms with Crippen molar-refractivity contribution in [2.24, 2.45) is 17.8 Å². The Kier molecular flexibility index (Phi) is 4.21. The smallest absolute Gasteiger partial charge is 0.264 e. The van der Waals surface area contributed by atoms with Gasteiger partial charge in [-0.25, -0.2) is 0 Å². The molecule has 0 aromatic heterocycles. The minimum Gasteiger partial charge on any atom is -0.484 e. The topological polar surface area (TPSA) is 50.4 Å². The van der Waals surface area contributed by atoms with E-state index >= 15 is 0 Å². The Labute approximate surface area is 148 Å². The van der Waals surface area contributed by atoms with Gasteiger partial charge in [-0.2, -0.15) is 0 Å². The third kappa shape index (κ3) is 3.41. The molecule has 1 aromatic rings. The van der Waals surface area contributed by atoms with Crippen LogP contribution in [0.2, 0.25) is 0 Å². The van der Waals surface area contributed by atoms with Crippen molar-refractivity contribution in [2.45, 2.75) is 44.1 Å². The first kappa shape index (κ1) is 15.9. The van der Waals surface area contributed by atoms with Crippen LogP contribution < -0.4 is 15.4 Å². The van der Waals surface area contributed by atoms with Gasteiger partial charge in [-0.1, -0.05) is 18.2 Å². The summed E-state index contributed by atoms with van der Waals surface area (Å²) in [6, 6.07) is 9.34. The monoisotopic (exact) mass is 344 g/mol. The SMILES string of the molecule is O=C(COc1ccccc1)NC(=S)NC12CC3CC(CC(C3)C1)C2. The molecule has 5 rings (SSSR count). The van der Waals surface area contributed by atoms with E-state index in [1.165, 1.54) is 38.5 Å². The van der Waals surface area contributed by atoms with Crippen LogP contribution in [0, 0.1) is 17.8 Å². The first-order valence-electron chi connectivity index (χ1n) is 8.90. The van der Waals surface area contributed by atoms with Crippen LogP contribution >= 0.6 is 12.2 Å². The molecule has 4 aliphatic rings. The normalized spacial score (nSPS) is 33.1. The van der Waals surface area contributed by atoms with Gasteiger partial charge in [0.1, 0.15) is 5.75 Å². The van der Waals surface area contributed by atoms with Gasteiger partial charge in [0.25, 0.3) is 5.91 Å². The minimum absolute atomic E-state index is 0.0211. The van der Waals surface area contributed by atoms with Crippen LogP contribution in [0.5, 0.6) is 5.75 Å². The molecule has 0 spiro atoms. The summed E-state index contributed by atoms with van der Waals surface area (Å²) < 4.78 is 5.46. The summed E-state index contributed by atoms with van der Waals surface area (Å²) in [6.07, 6.45) is 7.79. The predicted octanol–water partition coefficient (Wildman–Crippen LogP) is 3.02. The molecule has 4 bridgehead atoms. The lowest BCUT2D eigenvalue weighted by atomic mass is 9.53. The predicted molar refractivity (Wildman–Crippen MR) is 96.7 cm³/mol. The molecule has 0 heterocycles. The van der Waals surface area contributed by atoms with Gasteiger partial charge in [0.05, 0.1) is 0 Å². The number of hydrogen-bond donors (Lipinski definition) is 2. The minimum atomic E-state index is -0.207. The molecular weight excluding hydrogens is 320 g/mol. The van der Waals surface area contributed by atoms with Gasteiger partial charge in [-0.05, 0) is 80.6 Å². The van der Waals surface area contributed by atoms with E-state index < -0.39 is 0 Å². The number of thiocarbonyl (C=S) groups is 1. The highest BCUT2D eigenvalue weighted by Crippen LogP contribution is 2.55. The average Bonchev–Trinajstić information content (AvgIpc) is 2.52. The molecule has 0 unspecified atom stereocenters. The fourth-order valence-corrected chi connectivity index (χ4v) is 5.69. The number of rotatable bonds is 4. The molecule has 4 fully saturated rings. The van der Waals surface area contributed by atoms with E-state index in [2.05, 4.69) is 10.6 Å². The lowest BCUT2D eigenvalue weighted by Crippen LogP contribution is -2.62. The second-order valence-corrected chi connectivity index (χ2v) is 8.21. The molecule has 0 aliphatic heterocycles. The average molecular weight is 344 g/mol. The Bertz CT molecular complexity index is 596. The summed E-state index contributed by atoms with van der Waals surface area (Å²) in [5.41, 5.74) is 0.124. The van der Waals surface area contributed by atoms with Crippen molar-refractivity contribution in [1.82, 2.24) is 10.6 Å².